The number of carbonyl (C=O) groups excluding carboxylic acids is 1. The number of hydrogen-bond donors (Lipinski definition) is 2. The summed E-state index contributed by atoms with van der Waals surface area (Å²) in [6, 6.07) is -0.251. The van der Waals surface area contributed by atoms with Crippen molar-refractivity contribution >= 4 is 22.1 Å². The number of aromatic nitrogens is 4. The van der Waals surface area contributed by atoms with Crippen molar-refractivity contribution in [3.8, 4) is 11.3 Å². The van der Waals surface area contributed by atoms with Crippen molar-refractivity contribution in [2.75, 3.05) is 38.1 Å². The van der Waals surface area contributed by atoms with Gasteiger partial charge in [-0.15, -0.1) is 0 Å². The van der Waals surface area contributed by atoms with Crippen molar-refractivity contribution in [1.82, 2.24) is 28.4 Å². The largest absolute Gasteiger partial charge is 0.466 e. The van der Waals surface area contributed by atoms with Crippen LogP contribution in [0.2, 0.25) is 0 Å². The van der Waals surface area contributed by atoms with Gasteiger partial charge >= 0.3 is 12.1 Å². The Morgan fingerprint density at radius 2 is 1.71 bits per heavy atom. The second-order valence-electron chi connectivity index (χ2n) is 10.9. The van der Waals surface area contributed by atoms with Gasteiger partial charge in [-0.3, -0.25) is 9.48 Å². The maximum atomic E-state index is 13.7. The lowest BCUT2D eigenvalue weighted by Gasteiger charge is -2.37. The average Bonchev–Trinajstić information content (AvgIpc) is 3.35. The predicted octanol–water partition coefficient (Wildman–Crippen LogP) is 2.53. The molecule has 2 saturated heterocycles. The van der Waals surface area contributed by atoms with Crippen LogP contribution in [0.15, 0.2) is 18.6 Å². The van der Waals surface area contributed by atoms with Crippen molar-refractivity contribution in [1.29, 1.82) is 0 Å². The molecule has 0 aliphatic carbocycles. The van der Waals surface area contributed by atoms with Gasteiger partial charge in [0.05, 0.1) is 36.6 Å². The number of piperidine rings is 2. The van der Waals surface area contributed by atoms with E-state index in [1.165, 1.54) is 25.7 Å². The van der Waals surface area contributed by atoms with E-state index in [4.69, 9.17) is 4.74 Å². The molecular formula is C25H36F3N7O5S. The molecule has 41 heavy (non-hydrogen) atoms. The van der Waals surface area contributed by atoms with E-state index in [-0.39, 0.29) is 74.5 Å². The molecule has 0 radical (unpaired) electrons. The van der Waals surface area contributed by atoms with Crippen molar-refractivity contribution in [2.24, 2.45) is 5.92 Å². The molecular weight excluding hydrogens is 567 g/mol. The SMILES string of the molecule is CCOC(=O)C1CCN(S(=O)(=O)N2CCC(Nc3ncc(C(F)(F)F)c(-c4cnn(CC(C)(C)O)c4)n3)CC2)CC1. The van der Waals surface area contributed by atoms with E-state index < -0.39 is 27.6 Å². The number of alkyl halides is 3. The number of ether oxygens (including phenoxy) is 1. The van der Waals surface area contributed by atoms with Gasteiger partial charge in [-0.1, -0.05) is 0 Å². The van der Waals surface area contributed by atoms with Gasteiger partial charge in [-0.2, -0.15) is 35.3 Å². The summed E-state index contributed by atoms with van der Waals surface area (Å²) in [5.41, 5.74) is -2.35. The first kappa shape index (κ1) is 31.1. The quantitative estimate of drug-likeness (QED) is 0.414. The van der Waals surface area contributed by atoms with Crippen molar-refractivity contribution in [3.63, 3.8) is 0 Å². The summed E-state index contributed by atoms with van der Waals surface area (Å²) < 4.78 is 76.8. The van der Waals surface area contributed by atoms with Crippen LogP contribution in [0.5, 0.6) is 0 Å². The highest BCUT2D eigenvalue weighted by Crippen LogP contribution is 2.36. The number of anilines is 1. The highest BCUT2D eigenvalue weighted by Gasteiger charge is 2.38. The summed E-state index contributed by atoms with van der Waals surface area (Å²) in [6.45, 7) is 6.12. The van der Waals surface area contributed by atoms with E-state index >= 15 is 0 Å². The molecule has 2 aliphatic rings. The van der Waals surface area contributed by atoms with Crippen LogP contribution in [0.1, 0.15) is 52.0 Å². The van der Waals surface area contributed by atoms with Crippen LogP contribution in [-0.4, -0.2) is 92.3 Å². The van der Waals surface area contributed by atoms with Gasteiger partial charge in [0, 0.05) is 50.2 Å². The molecule has 2 aliphatic heterocycles. The highest BCUT2D eigenvalue weighted by atomic mass is 32.2. The fourth-order valence-electron chi connectivity index (χ4n) is 5.01. The smallest absolute Gasteiger partial charge is 0.419 e. The number of nitrogens with one attached hydrogen (secondary N) is 1. The molecule has 2 aromatic rings. The molecule has 0 unspecified atom stereocenters. The summed E-state index contributed by atoms with van der Waals surface area (Å²) in [7, 11) is -3.71. The Morgan fingerprint density at radius 3 is 2.27 bits per heavy atom. The Morgan fingerprint density at radius 1 is 1.10 bits per heavy atom. The van der Waals surface area contributed by atoms with Gasteiger partial charge < -0.3 is 15.2 Å². The van der Waals surface area contributed by atoms with E-state index in [9.17, 15) is 31.5 Å². The molecule has 16 heteroatoms. The molecule has 4 heterocycles. The zero-order valence-electron chi connectivity index (χ0n) is 23.3. The molecule has 0 atom stereocenters. The van der Waals surface area contributed by atoms with E-state index in [2.05, 4.69) is 20.4 Å². The third-order valence-corrected chi connectivity index (χ3v) is 9.10. The van der Waals surface area contributed by atoms with Crippen molar-refractivity contribution in [2.45, 2.75) is 70.8 Å². The summed E-state index contributed by atoms with van der Waals surface area (Å²) >= 11 is 0. The fraction of sp³-hybridized carbons (Fsp3) is 0.680. The zero-order chi connectivity index (χ0) is 30.0. The van der Waals surface area contributed by atoms with Crippen LogP contribution >= 0.6 is 0 Å². The van der Waals surface area contributed by atoms with Crippen LogP contribution in [0, 0.1) is 5.92 Å². The predicted molar refractivity (Wildman–Crippen MR) is 143 cm³/mol. The molecule has 2 fully saturated rings. The zero-order valence-corrected chi connectivity index (χ0v) is 24.1. The number of nitrogens with zero attached hydrogens (tertiary/aromatic N) is 6. The van der Waals surface area contributed by atoms with Gasteiger partial charge in [0.1, 0.15) is 5.56 Å². The van der Waals surface area contributed by atoms with E-state index in [1.54, 1.807) is 20.8 Å². The van der Waals surface area contributed by atoms with Gasteiger partial charge in [-0.05, 0) is 46.5 Å². The van der Waals surface area contributed by atoms with Crippen LogP contribution in [0.3, 0.4) is 0 Å². The van der Waals surface area contributed by atoms with E-state index in [1.807, 2.05) is 0 Å². The topological polar surface area (TPSA) is 143 Å². The maximum absolute atomic E-state index is 13.7. The normalized spacial score (nSPS) is 18.9. The molecule has 0 saturated carbocycles. The lowest BCUT2D eigenvalue weighted by molar-refractivity contribution is -0.149. The molecule has 228 valence electrons. The summed E-state index contributed by atoms with van der Waals surface area (Å²) in [5.74, 6) is -0.612. The number of hydrogen-bond acceptors (Lipinski definition) is 9. The number of rotatable bonds is 9. The lowest BCUT2D eigenvalue weighted by atomic mass is 9.98. The highest BCUT2D eigenvalue weighted by molar-refractivity contribution is 7.86. The van der Waals surface area contributed by atoms with Gasteiger partial charge in [0.15, 0.2) is 0 Å². The number of carbonyl (C=O) groups is 1. The molecule has 12 nitrogen and oxygen atoms in total. The molecule has 2 N–H and O–H groups in total. The van der Waals surface area contributed by atoms with Crippen LogP contribution < -0.4 is 5.32 Å². The Labute approximate surface area is 237 Å². The Hall–Kier alpha value is -2.82. The van der Waals surface area contributed by atoms with E-state index in [0.717, 1.165) is 6.20 Å². The van der Waals surface area contributed by atoms with E-state index in [0.29, 0.717) is 25.7 Å². The first-order valence-electron chi connectivity index (χ1n) is 13.5. The Kier molecular flexibility index (Phi) is 9.26. The second-order valence-corrected chi connectivity index (χ2v) is 12.9. The number of aliphatic hydroxyl groups is 1. The summed E-state index contributed by atoms with van der Waals surface area (Å²) in [5, 5.41) is 17.1. The standard InChI is InChI=1S/C25H36F3N7O5S/c1-4-40-22(36)17-5-9-34(10-6-17)41(38,39)35-11-7-19(8-12-35)31-23-29-14-20(25(26,27)28)21(32-23)18-13-30-33(15-18)16-24(2,3)37/h13-15,17,19,37H,4-12,16H2,1-3H3,(H,29,31,32). The Balaban J connectivity index is 1.40. The minimum Gasteiger partial charge on any atom is -0.466 e. The summed E-state index contributed by atoms with van der Waals surface area (Å²) in [6.07, 6.45) is 0.280. The van der Waals surface area contributed by atoms with Gasteiger partial charge in [-0.25, -0.2) is 9.97 Å². The first-order chi connectivity index (χ1) is 19.2. The maximum Gasteiger partial charge on any atom is 0.419 e. The molecule has 2 aromatic heterocycles. The second kappa shape index (κ2) is 12.2. The average molecular weight is 604 g/mol. The lowest BCUT2D eigenvalue weighted by Crippen LogP contribution is -2.51. The molecule has 0 bridgehead atoms. The third kappa shape index (κ3) is 7.72. The van der Waals surface area contributed by atoms with Crippen molar-refractivity contribution in [3.05, 3.63) is 24.2 Å². The molecule has 0 amide bonds. The molecule has 0 spiro atoms. The minimum absolute atomic E-state index is 0.00872. The number of halogens is 3. The van der Waals surface area contributed by atoms with Crippen LogP contribution in [0.4, 0.5) is 19.1 Å². The first-order valence-corrected chi connectivity index (χ1v) is 14.9. The Bertz CT molecular complexity index is 1310. The van der Waals surface area contributed by atoms with Crippen molar-refractivity contribution < 1.29 is 36.2 Å². The third-order valence-electron chi connectivity index (χ3n) is 7.06. The van der Waals surface area contributed by atoms with Crippen LogP contribution in [-0.2, 0) is 32.5 Å². The summed E-state index contributed by atoms with van der Waals surface area (Å²) in [4.78, 5) is 20.0. The number of esters is 1. The van der Waals surface area contributed by atoms with Gasteiger partial charge in [0.2, 0.25) is 5.95 Å². The minimum atomic E-state index is -4.70. The fourth-order valence-corrected chi connectivity index (χ4v) is 6.68. The van der Waals surface area contributed by atoms with Gasteiger partial charge in [0.25, 0.3) is 10.2 Å². The van der Waals surface area contributed by atoms with Crippen LogP contribution in [0.25, 0.3) is 11.3 Å². The molecule has 4 rings (SSSR count). The molecule has 0 aromatic carbocycles. The monoisotopic (exact) mass is 603 g/mol.